The first-order valence-corrected chi connectivity index (χ1v) is 15.1. The number of hydrogen-bond donors (Lipinski definition) is 0. The van der Waals surface area contributed by atoms with Crippen molar-refractivity contribution in [2.24, 2.45) is 0 Å². The maximum atomic E-state index is 12.9. The van der Waals surface area contributed by atoms with Crippen molar-refractivity contribution in [1.82, 2.24) is 14.5 Å². The van der Waals surface area contributed by atoms with E-state index >= 15 is 0 Å². The number of hydrogen-bond acceptors (Lipinski definition) is 4. The summed E-state index contributed by atoms with van der Waals surface area (Å²) in [4.78, 5) is 26.6. The average Bonchev–Trinajstić information content (AvgIpc) is 2.68. The Balaban J connectivity index is 0.000000491. The summed E-state index contributed by atoms with van der Waals surface area (Å²) in [6.07, 6.45) is 1.72. The summed E-state index contributed by atoms with van der Waals surface area (Å²) in [5.41, 5.74) is -0.00948. The van der Waals surface area contributed by atoms with Crippen molar-refractivity contribution in [3.8, 4) is 0 Å². The third kappa shape index (κ3) is 5.99. The number of pyridine rings is 1. The van der Waals surface area contributed by atoms with Gasteiger partial charge in [0.1, 0.15) is 23.3 Å². The van der Waals surface area contributed by atoms with Crippen LogP contribution in [0.15, 0.2) is 18.6 Å². The van der Waals surface area contributed by atoms with Crippen LogP contribution in [0.1, 0.15) is 20.8 Å². The molecule has 0 aromatic carbocycles. The molecule has 0 aliphatic rings. The fraction of sp³-hybridized carbons (Fsp3) is 0.500. The molecule has 7 heteroatoms. The summed E-state index contributed by atoms with van der Waals surface area (Å²) in [7, 11) is 0. The van der Waals surface area contributed by atoms with Gasteiger partial charge >= 0.3 is 40.7 Å². The molecule has 0 saturated carbocycles. The van der Waals surface area contributed by atoms with Gasteiger partial charge in [0.25, 0.3) is 0 Å². The predicted molar refractivity (Wildman–Crippen MR) is 82.5 cm³/mol. The van der Waals surface area contributed by atoms with Gasteiger partial charge in [-0.15, -0.1) is 0 Å². The number of ether oxygens (including phenoxy) is 1. The molecule has 5 nitrogen and oxygen atoms in total. The number of carbonyl (C=O) groups excluding carboxylic acids is 1. The van der Waals surface area contributed by atoms with Crippen LogP contribution in [0.2, 0.25) is 14.8 Å². The van der Waals surface area contributed by atoms with Gasteiger partial charge in [0, 0.05) is 6.07 Å². The van der Waals surface area contributed by atoms with E-state index in [1.165, 1.54) is 12.4 Å². The van der Waals surface area contributed by atoms with Crippen LogP contribution in [0.4, 0.5) is 9.18 Å². The van der Waals surface area contributed by atoms with E-state index in [4.69, 9.17) is 4.74 Å². The first-order valence-electron chi connectivity index (χ1n) is 6.59. The molecule has 1 radical (unpaired) electrons. The second-order valence-electron chi connectivity index (χ2n) is 6.09. The van der Waals surface area contributed by atoms with Crippen molar-refractivity contribution < 1.29 is 13.9 Å². The van der Waals surface area contributed by atoms with Gasteiger partial charge in [-0.3, -0.25) is 0 Å². The summed E-state index contributed by atoms with van der Waals surface area (Å²) < 4.78 is 19.2. The second-order valence-corrected chi connectivity index (χ2v) is 14.7. The first kappa shape index (κ1) is 17.9. The molecule has 0 aliphatic carbocycles. The number of imidazole rings is 1. The third-order valence-corrected chi connectivity index (χ3v) is 1.94. The van der Waals surface area contributed by atoms with Crippen LogP contribution in [0, 0.1) is 5.82 Å². The Morgan fingerprint density at radius 2 is 1.86 bits per heavy atom. The number of nitrogens with zero attached hydrogens (tertiary/aromatic N) is 3. The van der Waals surface area contributed by atoms with E-state index in [0.29, 0.717) is 5.52 Å². The number of halogens is 1. The molecule has 0 saturated heterocycles. The molecular weight excluding hydrogens is 380 g/mol. The Hall–Kier alpha value is -1.18. The number of rotatable bonds is 0. The van der Waals surface area contributed by atoms with Crippen LogP contribution in [0.5, 0.6) is 0 Å². The summed E-state index contributed by atoms with van der Waals surface area (Å²) in [6.45, 7) is 5.28. The van der Waals surface area contributed by atoms with Gasteiger partial charge in [-0.05, 0) is 20.8 Å². The second kappa shape index (κ2) is 7.19. The van der Waals surface area contributed by atoms with Gasteiger partial charge in [-0.1, -0.05) is 0 Å². The topological polar surface area (TPSA) is 57.0 Å². The maximum absolute atomic E-state index is 12.9. The third-order valence-electron chi connectivity index (χ3n) is 1.94. The first-order chi connectivity index (χ1) is 9.60. The molecule has 2 aromatic heterocycles. The van der Waals surface area contributed by atoms with Gasteiger partial charge < -0.3 is 4.74 Å². The Labute approximate surface area is 131 Å². The van der Waals surface area contributed by atoms with E-state index in [1.54, 1.807) is 20.8 Å². The average molecular weight is 401 g/mol. The van der Waals surface area contributed by atoms with Gasteiger partial charge in [0.05, 0.1) is 6.20 Å². The summed E-state index contributed by atoms with van der Waals surface area (Å²) in [5, 5.41) is 0. The van der Waals surface area contributed by atoms with Crippen molar-refractivity contribution in [3.63, 3.8) is 0 Å². The monoisotopic (exact) mass is 402 g/mol. The SMILES string of the molecule is CC(C)(C)OC(=O)n1cnc2cc(F)cnc21.[CH3][Sn]([CH3])[CH3]. The van der Waals surface area contributed by atoms with E-state index in [-0.39, 0.29) is 5.65 Å². The fourth-order valence-corrected chi connectivity index (χ4v) is 1.32. The summed E-state index contributed by atoms with van der Waals surface area (Å²) in [6, 6.07) is 1.21. The number of carbonyl (C=O) groups is 1. The minimum atomic E-state index is -0.603. The van der Waals surface area contributed by atoms with Gasteiger partial charge in [0.2, 0.25) is 0 Å². The van der Waals surface area contributed by atoms with Gasteiger partial charge in [-0.2, -0.15) is 0 Å². The minimum absolute atomic E-state index is 0.278. The van der Waals surface area contributed by atoms with Crippen molar-refractivity contribution in [1.29, 1.82) is 0 Å². The molecule has 0 amide bonds. The van der Waals surface area contributed by atoms with Crippen LogP contribution in [-0.2, 0) is 4.74 Å². The van der Waals surface area contributed by atoms with Crippen molar-refractivity contribution in [3.05, 3.63) is 24.4 Å². The molecule has 2 rings (SSSR count). The molecule has 0 aliphatic heterocycles. The van der Waals surface area contributed by atoms with Gasteiger partial charge in [-0.25, -0.2) is 23.7 Å². The van der Waals surface area contributed by atoms with E-state index in [9.17, 15) is 9.18 Å². The number of aromatic nitrogens is 3. The van der Waals surface area contributed by atoms with Crippen LogP contribution in [0.25, 0.3) is 11.2 Å². The van der Waals surface area contributed by atoms with E-state index in [2.05, 4.69) is 24.8 Å². The quantitative estimate of drug-likeness (QED) is 0.632. The molecular formula is C14H21FN3O2Sn. The van der Waals surface area contributed by atoms with E-state index < -0.39 is 37.3 Å². The molecule has 2 aromatic rings. The van der Waals surface area contributed by atoms with Crippen LogP contribution >= 0.6 is 0 Å². The fourth-order valence-electron chi connectivity index (χ4n) is 1.32. The number of fused-ring (bicyclic) bond motifs is 1. The molecule has 0 atom stereocenters. The van der Waals surface area contributed by atoms with Crippen LogP contribution in [-0.4, -0.2) is 46.0 Å². The zero-order chi connectivity index (χ0) is 16.2. The Morgan fingerprint density at radius 3 is 2.38 bits per heavy atom. The zero-order valence-corrected chi connectivity index (χ0v) is 16.1. The van der Waals surface area contributed by atoms with Crippen LogP contribution < -0.4 is 0 Å². The zero-order valence-electron chi connectivity index (χ0n) is 13.3. The normalized spacial score (nSPS) is 11.2. The van der Waals surface area contributed by atoms with E-state index in [1.807, 2.05) is 0 Å². The molecule has 0 bridgehead atoms. The molecule has 0 spiro atoms. The Bertz CT molecular complexity index is 617. The molecule has 21 heavy (non-hydrogen) atoms. The van der Waals surface area contributed by atoms with Crippen molar-refractivity contribution in [2.45, 2.75) is 41.2 Å². The molecule has 0 unspecified atom stereocenters. The van der Waals surface area contributed by atoms with E-state index in [0.717, 1.165) is 10.8 Å². The predicted octanol–water partition coefficient (Wildman–Crippen LogP) is 3.72. The summed E-state index contributed by atoms with van der Waals surface area (Å²) >= 11 is -0.543. The van der Waals surface area contributed by atoms with Gasteiger partial charge in [0.15, 0.2) is 5.65 Å². The molecule has 0 N–H and O–H groups in total. The standard InChI is InChI=1S/C11H12FN3O2.3CH3.Sn/c1-11(2,3)17-10(16)15-6-14-8-4-7(12)5-13-9(8)15;;;;/h4-6H,1-3H3;3*1H3;. The summed E-state index contributed by atoms with van der Waals surface area (Å²) in [5.74, 6) is -0.494. The molecule has 115 valence electrons. The van der Waals surface area contributed by atoms with Crippen LogP contribution in [0.3, 0.4) is 0 Å². The Morgan fingerprint density at radius 1 is 1.29 bits per heavy atom. The molecule has 0 fully saturated rings. The van der Waals surface area contributed by atoms with Crippen molar-refractivity contribution >= 4 is 37.0 Å². The molecule has 2 heterocycles. The van der Waals surface area contributed by atoms with Crippen molar-refractivity contribution in [2.75, 3.05) is 0 Å². The Kier molecular flexibility index (Phi) is 6.12.